The van der Waals surface area contributed by atoms with E-state index in [4.69, 9.17) is 11.6 Å². The number of carbonyl (C=O) groups excluding carboxylic acids is 1. The summed E-state index contributed by atoms with van der Waals surface area (Å²) in [7, 11) is 0. The van der Waals surface area contributed by atoms with Gasteiger partial charge in [-0.15, -0.1) is 11.3 Å². The van der Waals surface area contributed by atoms with Crippen LogP contribution in [0, 0.1) is 0 Å². The Labute approximate surface area is 160 Å². The molecule has 1 heterocycles. The molecule has 132 valence electrons. The van der Waals surface area contributed by atoms with E-state index < -0.39 is 0 Å². The fraction of sp³-hybridized carbons (Fsp3) is 0.100. The van der Waals surface area contributed by atoms with Gasteiger partial charge in [-0.3, -0.25) is 4.79 Å². The number of aromatic hydroxyl groups is 1. The predicted octanol–water partition coefficient (Wildman–Crippen LogP) is 4.86. The molecular weight excluding hydrogens is 368 g/mol. The lowest BCUT2D eigenvalue weighted by atomic mass is 10.1. The van der Waals surface area contributed by atoms with Gasteiger partial charge in [0.05, 0.1) is 6.21 Å². The van der Waals surface area contributed by atoms with E-state index >= 15 is 0 Å². The first-order valence-corrected chi connectivity index (χ1v) is 9.26. The number of carbonyl (C=O) groups is 1. The Morgan fingerprint density at radius 2 is 1.88 bits per heavy atom. The van der Waals surface area contributed by atoms with Crippen molar-refractivity contribution in [3.05, 3.63) is 76.1 Å². The SMILES string of the molecule is O=C(CCc1ccccc1O)NN=Cc1cc(-c2ccccc2)sc1Cl. The van der Waals surface area contributed by atoms with E-state index in [0.717, 1.165) is 21.6 Å². The minimum absolute atomic E-state index is 0.197. The lowest BCUT2D eigenvalue weighted by molar-refractivity contribution is -0.121. The fourth-order valence-electron chi connectivity index (χ4n) is 2.42. The molecule has 2 N–H and O–H groups in total. The van der Waals surface area contributed by atoms with Gasteiger partial charge < -0.3 is 5.11 Å². The molecule has 6 heteroatoms. The molecule has 3 aromatic rings. The van der Waals surface area contributed by atoms with Gasteiger partial charge in [0.1, 0.15) is 10.1 Å². The van der Waals surface area contributed by atoms with Crippen molar-refractivity contribution in [2.75, 3.05) is 0 Å². The van der Waals surface area contributed by atoms with Crippen molar-refractivity contribution >= 4 is 35.1 Å². The Morgan fingerprint density at radius 1 is 1.15 bits per heavy atom. The Kier molecular flexibility index (Phi) is 6.04. The number of hydrogen-bond donors (Lipinski definition) is 2. The third-order valence-electron chi connectivity index (χ3n) is 3.78. The Hall–Kier alpha value is -2.63. The van der Waals surface area contributed by atoms with Crippen LogP contribution in [0.15, 0.2) is 65.8 Å². The van der Waals surface area contributed by atoms with Crippen LogP contribution in [-0.2, 0) is 11.2 Å². The van der Waals surface area contributed by atoms with Crippen LogP contribution in [0.2, 0.25) is 4.34 Å². The molecular formula is C20H17ClN2O2S. The topological polar surface area (TPSA) is 61.7 Å². The molecule has 0 unspecified atom stereocenters. The standard InChI is InChI=1S/C20H17ClN2O2S/c21-20-16(12-18(26-20)15-7-2-1-3-8-15)13-22-23-19(25)11-10-14-6-4-5-9-17(14)24/h1-9,12-13,24H,10-11H2,(H,23,25). The molecule has 0 aliphatic rings. The van der Waals surface area contributed by atoms with Crippen LogP contribution < -0.4 is 5.43 Å². The zero-order valence-electron chi connectivity index (χ0n) is 13.9. The zero-order chi connectivity index (χ0) is 18.4. The van der Waals surface area contributed by atoms with Crippen LogP contribution in [-0.4, -0.2) is 17.2 Å². The number of halogens is 1. The Bertz CT molecular complexity index is 923. The number of benzene rings is 2. The first-order valence-electron chi connectivity index (χ1n) is 8.07. The molecule has 1 aromatic heterocycles. The maximum Gasteiger partial charge on any atom is 0.240 e. The predicted molar refractivity (Wildman–Crippen MR) is 107 cm³/mol. The molecule has 0 fully saturated rings. The maximum absolute atomic E-state index is 11.9. The number of para-hydroxylation sites is 1. The molecule has 0 spiro atoms. The van der Waals surface area contributed by atoms with Gasteiger partial charge in [-0.2, -0.15) is 5.10 Å². The summed E-state index contributed by atoms with van der Waals surface area (Å²) in [6.45, 7) is 0. The lowest BCUT2D eigenvalue weighted by Crippen LogP contribution is -2.17. The number of aryl methyl sites for hydroxylation is 1. The van der Waals surface area contributed by atoms with Crippen LogP contribution in [0.1, 0.15) is 17.5 Å². The molecule has 26 heavy (non-hydrogen) atoms. The Morgan fingerprint density at radius 3 is 2.65 bits per heavy atom. The molecule has 0 aliphatic carbocycles. The summed E-state index contributed by atoms with van der Waals surface area (Å²) in [6, 6.07) is 18.9. The molecule has 0 saturated carbocycles. The van der Waals surface area contributed by atoms with Gasteiger partial charge >= 0.3 is 0 Å². The molecule has 3 rings (SSSR count). The highest BCUT2D eigenvalue weighted by Crippen LogP contribution is 2.33. The average molecular weight is 385 g/mol. The van der Waals surface area contributed by atoms with Gasteiger partial charge in [0, 0.05) is 16.9 Å². The van der Waals surface area contributed by atoms with E-state index in [-0.39, 0.29) is 18.1 Å². The van der Waals surface area contributed by atoms with Crippen LogP contribution in [0.4, 0.5) is 0 Å². The molecule has 0 bridgehead atoms. The summed E-state index contributed by atoms with van der Waals surface area (Å²) in [6.07, 6.45) is 2.23. The lowest BCUT2D eigenvalue weighted by Gasteiger charge is -2.03. The van der Waals surface area contributed by atoms with Crippen molar-refractivity contribution in [3.8, 4) is 16.2 Å². The van der Waals surface area contributed by atoms with Crippen molar-refractivity contribution in [2.45, 2.75) is 12.8 Å². The third-order valence-corrected chi connectivity index (χ3v) is 5.22. The minimum atomic E-state index is -0.223. The van der Waals surface area contributed by atoms with Gasteiger partial charge in [0.2, 0.25) is 5.91 Å². The van der Waals surface area contributed by atoms with Crippen molar-refractivity contribution in [1.82, 2.24) is 5.43 Å². The van der Waals surface area contributed by atoms with E-state index in [1.807, 2.05) is 42.5 Å². The fourth-order valence-corrected chi connectivity index (χ4v) is 3.63. The zero-order valence-corrected chi connectivity index (χ0v) is 15.4. The monoisotopic (exact) mass is 384 g/mol. The average Bonchev–Trinajstić information content (AvgIpc) is 3.03. The van der Waals surface area contributed by atoms with Crippen molar-refractivity contribution in [2.24, 2.45) is 5.10 Å². The van der Waals surface area contributed by atoms with Gasteiger partial charge in [-0.1, -0.05) is 60.1 Å². The van der Waals surface area contributed by atoms with Gasteiger partial charge in [-0.25, -0.2) is 5.43 Å². The van der Waals surface area contributed by atoms with E-state index in [9.17, 15) is 9.90 Å². The van der Waals surface area contributed by atoms with Gasteiger partial charge in [0.25, 0.3) is 0 Å². The van der Waals surface area contributed by atoms with Crippen molar-refractivity contribution in [3.63, 3.8) is 0 Å². The van der Waals surface area contributed by atoms with Gasteiger partial charge in [-0.05, 0) is 29.7 Å². The third kappa shape index (κ3) is 4.71. The van der Waals surface area contributed by atoms with E-state index in [1.165, 1.54) is 11.3 Å². The molecule has 0 saturated heterocycles. The molecule has 0 radical (unpaired) electrons. The maximum atomic E-state index is 11.9. The number of hydrogen-bond acceptors (Lipinski definition) is 4. The normalized spacial score (nSPS) is 11.0. The van der Waals surface area contributed by atoms with Gasteiger partial charge in [0.15, 0.2) is 0 Å². The van der Waals surface area contributed by atoms with Crippen molar-refractivity contribution < 1.29 is 9.90 Å². The van der Waals surface area contributed by atoms with E-state index in [1.54, 1.807) is 24.4 Å². The molecule has 4 nitrogen and oxygen atoms in total. The molecule has 1 amide bonds. The number of rotatable bonds is 6. The van der Waals surface area contributed by atoms with Crippen LogP contribution in [0.3, 0.4) is 0 Å². The summed E-state index contributed by atoms with van der Waals surface area (Å²) < 4.78 is 0.621. The number of nitrogens with one attached hydrogen (secondary N) is 1. The van der Waals surface area contributed by atoms with Crippen LogP contribution in [0.25, 0.3) is 10.4 Å². The van der Waals surface area contributed by atoms with E-state index in [2.05, 4.69) is 10.5 Å². The largest absolute Gasteiger partial charge is 0.508 e. The van der Waals surface area contributed by atoms with Crippen molar-refractivity contribution in [1.29, 1.82) is 0 Å². The number of amides is 1. The van der Waals surface area contributed by atoms with Crippen LogP contribution >= 0.6 is 22.9 Å². The van der Waals surface area contributed by atoms with Crippen LogP contribution in [0.5, 0.6) is 5.75 Å². The smallest absolute Gasteiger partial charge is 0.240 e. The number of hydrazone groups is 1. The summed E-state index contributed by atoms with van der Waals surface area (Å²) in [5.41, 5.74) is 5.08. The summed E-state index contributed by atoms with van der Waals surface area (Å²) in [5, 5.41) is 13.7. The molecule has 2 aromatic carbocycles. The number of nitrogens with zero attached hydrogens (tertiary/aromatic N) is 1. The minimum Gasteiger partial charge on any atom is -0.508 e. The quantitative estimate of drug-likeness (QED) is 0.471. The number of phenols is 1. The number of phenolic OH excluding ortho intramolecular Hbond substituents is 1. The molecule has 0 atom stereocenters. The first-order chi connectivity index (χ1) is 12.6. The summed E-state index contributed by atoms with van der Waals surface area (Å²) in [4.78, 5) is 12.9. The summed E-state index contributed by atoms with van der Waals surface area (Å²) >= 11 is 7.72. The Balaban J connectivity index is 1.56. The highest BCUT2D eigenvalue weighted by Gasteiger charge is 2.08. The number of thiophene rings is 1. The highest BCUT2D eigenvalue weighted by molar-refractivity contribution is 7.19. The molecule has 0 aliphatic heterocycles. The highest BCUT2D eigenvalue weighted by atomic mass is 35.5. The van der Waals surface area contributed by atoms with E-state index in [0.29, 0.717) is 10.8 Å². The summed E-state index contributed by atoms with van der Waals surface area (Å²) in [5.74, 6) is -0.0264. The second kappa shape index (κ2) is 8.65. The second-order valence-electron chi connectivity index (χ2n) is 5.63. The second-order valence-corrected chi connectivity index (χ2v) is 7.28. The first kappa shape index (κ1) is 18.2.